The van der Waals surface area contributed by atoms with Gasteiger partial charge in [0.2, 0.25) is 0 Å². The van der Waals surface area contributed by atoms with Crippen molar-refractivity contribution in [2.45, 2.75) is 37.9 Å². The van der Waals surface area contributed by atoms with Gasteiger partial charge in [-0.25, -0.2) is 0 Å². The SMILES string of the molecule is CC1CCC(c2cccc(C(O)(O)O)c2)O1. The molecule has 3 N–H and O–H groups in total. The van der Waals surface area contributed by atoms with Crippen LogP contribution in [0.5, 0.6) is 0 Å². The Morgan fingerprint density at radius 3 is 2.56 bits per heavy atom. The van der Waals surface area contributed by atoms with Crippen LogP contribution in [0.3, 0.4) is 0 Å². The van der Waals surface area contributed by atoms with Crippen molar-refractivity contribution in [1.82, 2.24) is 0 Å². The van der Waals surface area contributed by atoms with Gasteiger partial charge in [0.15, 0.2) is 0 Å². The summed E-state index contributed by atoms with van der Waals surface area (Å²) in [4.78, 5) is 0. The maximum Gasteiger partial charge on any atom is 0.304 e. The Labute approximate surface area is 94.1 Å². The molecule has 0 aliphatic carbocycles. The van der Waals surface area contributed by atoms with E-state index in [2.05, 4.69) is 0 Å². The molecule has 1 heterocycles. The number of ether oxygens (including phenoxy) is 1. The second-order valence-electron chi connectivity index (χ2n) is 4.27. The first kappa shape index (κ1) is 11.5. The molecule has 0 saturated carbocycles. The number of aliphatic hydroxyl groups is 3. The van der Waals surface area contributed by atoms with Crippen LogP contribution in [-0.2, 0) is 10.7 Å². The van der Waals surface area contributed by atoms with Crippen LogP contribution in [0.2, 0.25) is 0 Å². The van der Waals surface area contributed by atoms with Gasteiger partial charge < -0.3 is 20.1 Å². The lowest BCUT2D eigenvalue weighted by Crippen LogP contribution is -2.23. The number of benzene rings is 1. The lowest BCUT2D eigenvalue weighted by atomic mass is 10.0. The van der Waals surface area contributed by atoms with Crippen molar-refractivity contribution in [3.05, 3.63) is 35.4 Å². The zero-order chi connectivity index (χ0) is 11.8. The largest absolute Gasteiger partial charge is 0.371 e. The molecule has 1 aromatic carbocycles. The first-order valence-electron chi connectivity index (χ1n) is 5.40. The summed E-state index contributed by atoms with van der Waals surface area (Å²) in [6.07, 6.45) is 2.13. The summed E-state index contributed by atoms with van der Waals surface area (Å²) in [5, 5.41) is 27.2. The molecular formula is C12H16O4. The average Bonchev–Trinajstić information content (AvgIpc) is 2.64. The van der Waals surface area contributed by atoms with Crippen molar-refractivity contribution in [3.8, 4) is 0 Å². The molecule has 1 aliphatic heterocycles. The van der Waals surface area contributed by atoms with E-state index in [1.807, 2.05) is 13.0 Å². The first-order chi connectivity index (χ1) is 7.47. The van der Waals surface area contributed by atoms with Crippen molar-refractivity contribution in [1.29, 1.82) is 0 Å². The quantitative estimate of drug-likeness (QED) is 0.656. The van der Waals surface area contributed by atoms with Crippen LogP contribution in [0.15, 0.2) is 24.3 Å². The highest BCUT2D eigenvalue weighted by molar-refractivity contribution is 5.27. The highest BCUT2D eigenvalue weighted by atomic mass is 16.7. The Morgan fingerprint density at radius 1 is 1.25 bits per heavy atom. The Hall–Kier alpha value is -0.940. The van der Waals surface area contributed by atoms with Gasteiger partial charge in [-0.05, 0) is 31.4 Å². The minimum atomic E-state index is -2.78. The summed E-state index contributed by atoms with van der Waals surface area (Å²) in [6, 6.07) is 6.55. The van der Waals surface area contributed by atoms with E-state index in [0.29, 0.717) is 0 Å². The van der Waals surface area contributed by atoms with Crippen LogP contribution in [0, 0.1) is 0 Å². The summed E-state index contributed by atoms with van der Waals surface area (Å²) in [7, 11) is 0. The van der Waals surface area contributed by atoms with E-state index in [1.165, 1.54) is 6.07 Å². The summed E-state index contributed by atoms with van der Waals surface area (Å²) in [5.74, 6) is -2.78. The minimum Gasteiger partial charge on any atom is -0.371 e. The highest BCUT2D eigenvalue weighted by Gasteiger charge is 2.26. The Balaban J connectivity index is 2.23. The molecular weight excluding hydrogens is 208 g/mol. The molecule has 0 amide bonds. The second kappa shape index (κ2) is 4.14. The molecule has 0 spiro atoms. The molecule has 2 atom stereocenters. The maximum atomic E-state index is 9.08. The third-order valence-corrected chi connectivity index (χ3v) is 2.88. The Bertz CT molecular complexity index is 370. The molecule has 1 aromatic rings. The lowest BCUT2D eigenvalue weighted by Gasteiger charge is -2.17. The maximum absolute atomic E-state index is 9.08. The molecule has 16 heavy (non-hydrogen) atoms. The number of hydrogen-bond acceptors (Lipinski definition) is 4. The number of hydrogen-bond donors (Lipinski definition) is 3. The predicted octanol–water partition coefficient (Wildman–Crippen LogP) is 1.01. The van der Waals surface area contributed by atoms with Crippen molar-refractivity contribution in [2.24, 2.45) is 0 Å². The molecule has 0 bridgehead atoms. The van der Waals surface area contributed by atoms with E-state index in [9.17, 15) is 0 Å². The molecule has 4 nitrogen and oxygen atoms in total. The molecule has 88 valence electrons. The summed E-state index contributed by atoms with van der Waals surface area (Å²) in [6.45, 7) is 2.01. The van der Waals surface area contributed by atoms with Crippen LogP contribution >= 0.6 is 0 Å². The van der Waals surface area contributed by atoms with Crippen molar-refractivity contribution < 1.29 is 20.1 Å². The van der Waals surface area contributed by atoms with Crippen molar-refractivity contribution in [2.75, 3.05) is 0 Å². The van der Waals surface area contributed by atoms with E-state index in [4.69, 9.17) is 20.1 Å². The minimum absolute atomic E-state index is 0.0164. The lowest BCUT2D eigenvalue weighted by molar-refractivity contribution is -0.323. The van der Waals surface area contributed by atoms with E-state index >= 15 is 0 Å². The van der Waals surface area contributed by atoms with E-state index in [-0.39, 0.29) is 17.8 Å². The average molecular weight is 224 g/mol. The van der Waals surface area contributed by atoms with Gasteiger partial charge >= 0.3 is 5.97 Å². The van der Waals surface area contributed by atoms with E-state index in [0.717, 1.165) is 18.4 Å². The smallest absolute Gasteiger partial charge is 0.304 e. The van der Waals surface area contributed by atoms with Gasteiger partial charge in [-0.15, -0.1) is 0 Å². The van der Waals surface area contributed by atoms with Gasteiger partial charge in [-0.2, -0.15) is 0 Å². The van der Waals surface area contributed by atoms with Gasteiger partial charge in [-0.3, -0.25) is 0 Å². The van der Waals surface area contributed by atoms with Crippen molar-refractivity contribution in [3.63, 3.8) is 0 Å². The fourth-order valence-electron chi connectivity index (χ4n) is 2.00. The van der Waals surface area contributed by atoms with Crippen LogP contribution in [0.1, 0.15) is 37.0 Å². The summed E-state index contributed by atoms with van der Waals surface area (Å²) >= 11 is 0. The van der Waals surface area contributed by atoms with E-state index in [1.54, 1.807) is 12.1 Å². The third-order valence-electron chi connectivity index (χ3n) is 2.88. The first-order valence-corrected chi connectivity index (χ1v) is 5.40. The van der Waals surface area contributed by atoms with Gasteiger partial charge in [-0.1, -0.05) is 18.2 Å². The van der Waals surface area contributed by atoms with Gasteiger partial charge in [0, 0.05) is 5.56 Å². The van der Waals surface area contributed by atoms with Gasteiger partial charge in [0.25, 0.3) is 0 Å². The van der Waals surface area contributed by atoms with Crippen LogP contribution < -0.4 is 0 Å². The van der Waals surface area contributed by atoms with Crippen LogP contribution in [0.4, 0.5) is 0 Å². The zero-order valence-corrected chi connectivity index (χ0v) is 9.13. The fraction of sp³-hybridized carbons (Fsp3) is 0.500. The molecule has 1 aliphatic rings. The Kier molecular flexibility index (Phi) is 2.99. The molecule has 2 unspecified atom stereocenters. The van der Waals surface area contributed by atoms with Gasteiger partial charge in [0.05, 0.1) is 12.2 Å². The monoisotopic (exact) mass is 224 g/mol. The molecule has 1 saturated heterocycles. The molecule has 4 heteroatoms. The molecule has 0 aromatic heterocycles. The fourth-order valence-corrected chi connectivity index (χ4v) is 2.00. The topological polar surface area (TPSA) is 69.9 Å². The van der Waals surface area contributed by atoms with Crippen LogP contribution in [0.25, 0.3) is 0 Å². The van der Waals surface area contributed by atoms with Gasteiger partial charge in [0.1, 0.15) is 0 Å². The summed E-state index contributed by atoms with van der Waals surface area (Å²) in [5.41, 5.74) is 0.927. The normalized spacial score (nSPS) is 26.0. The number of rotatable bonds is 2. The molecule has 1 fully saturated rings. The standard InChI is InChI=1S/C12H16O4/c1-8-5-6-11(16-8)9-3-2-4-10(7-9)12(13,14)15/h2-4,7-8,11,13-15H,5-6H2,1H3. The third kappa shape index (κ3) is 2.41. The highest BCUT2D eigenvalue weighted by Crippen LogP contribution is 2.33. The zero-order valence-electron chi connectivity index (χ0n) is 9.13. The second-order valence-corrected chi connectivity index (χ2v) is 4.27. The van der Waals surface area contributed by atoms with Crippen molar-refractivity contribution >= 4 is 0 Å². The summed E-state index contributed by atoms with van der Waals surface area (Å²) < 4.78 is 5.67. The predicted molar refractivity (Wildman–Crippen MR) is 57.3 cm³/mol. The van der Waals surface area contributed by atoms with Crippen LogP contribution in [-0.4, -0.2) is 21.4 Å². The Morgan fingerprint density at radius 2 is 2.00 bits per heavy atom. The van der Waals surface area contributed by atoms with E-state index < -0.39 is 5.97 Å². The molecule has 0 radical (unpaired) electrons. The molecule has 2 rings (SSSR count).